The first-order valence-electron chi connectivity index (χ1n) is 6.09. The molecule has 0 saturated heterocycles. The van der Waals surface area contributed by atoms with Crippen LogP contribution >= 0.6 is 27.5 Å². The number of ether oxygens (including phenoxy) is 1. The van der Waals surface area contributed by atoms with Gasteiger partial charge in [0.2, 0.25) is 10.0 Å². The molecule has 6 nitrogen and oxygen atoms in total. The highest BCUT2D eigenvalue weighted by molar-refractivity contribution is 9.10. The van der Waals surface area contributed by atoms with Crippen molar-refractivity contribution in [2.24, 2.45) is 0 Å². The Morgan fingerprint density at radius 2 is 2.14 bits per heavy atom. The van der Waals surface area contributed by atoms with Gasteiger partial charge in [-0.1, -0.05) is 11.6 Å². The summed E-state index contributed by atoms with van der Waals surface area (Å²) < 4.78 is 32.2. The van der Waals surface area contributed by atoms with Crippen molar-refractivity contribution in [2.45, 2.75) is 19.8 Å². The topological polar surface area (TPSA) is 92.7 Å². The summed E-state index contributed by atoms with van der Waals surface area (Å²) in [6, 6.07) is 3.03. The van der Waals surface area contributed by atoms with E-state index in [4.69, 9.17) is 21.4 Å². The second kappa shape index (κ2) is 7.86. The average Bonchev–Trinajstić information content (AvgIpc) is 2.32. The Labute approximate surface area is 136 Å². The Morgan fingerprint density at radius 3 is 2.71 bits per heavy atom. The van der Waals surface area contributed by atoms with Crippen molar-refractivity contribution in [3.05, 3.63) is 21.6 Å². The zero-order valence-electron chi connectivity index (χ0n) is 11.2. The number of hydrogen-bond donors (Lipinski definition) is 2. The number of anilines is 1. The number of rotatable bonds is 8. The number of hydrogen-bond acceptors (Lipinski definition) is 4. The normalized spacial score (nSPS) is 11.2. The molecule has 0 unspecified atom stereocenters. The molecule has 2 N–H and O–H groups in total. The zero-order chi connectivity index (χ0) is 16.0. The van der Waals surface area contributed by atoms with Gasteiger partial charge in [0.1, 0.15) is 0 Å². The van der Waals surface area contributed by atoms with Crippen molar-refractivity contribution in [3.8, 4) is 5.75 Å². The standard InChI is InChI=1S/C12H15BrClNO5S/c1-2-20-12-9(13)6-8(14)7-10(12)15-21(18,19)5-3-4-11(16)17/h6-7,15H,2-5H2,1H3,(H,16,17). The van der Waals surface area contributed by atoms with E-state index in [0.29, 0.717) is 21.9 Å². The average molecular weight is 401 g/mol. The fourth-order valence-electron chi connectivity index (χ4n) is 1.56. The molecule has 118 valence electrons. The van der Waals surface area contributed by atoms with Crippen LogP contribution in [0.3, 0.4) is 0 Å². The Hall–Kier alpha value is -0.990. The third-order valence-electron chi connectivity index (χ3n) is 2.37. The number of aliphatic carboxylic acids is 1. The molecule has 0 aromatic heterocycles. The summed E-state index contributed by atoms with van der Waals surface area (Å²) in [4.78, 5) is 10.4. The Balaban J connectivity index is 2.92. The maximum atomic E-state index is 11.9. The number of benzene rings is 1. The summed E-state index contributed by atoms with van der Waals surface area (Å²) in [5.41, 5.74) is 0.214. The first kappa shape index (κ1) is 18.1. The lowest BCUT2D eigenvalue weighted by Crippen LogP contribution is -2.18. The molecular weight excluding hydrogens is 386 g/mol. The molecule has 21 heavy (non-hydrogen) atoms. The Morgan fingerprint density at radius 1 is 1.48 bits per heavy atom. The van der Waals surface area contributed by atoms with E-state index in [0.717, 1.165) is 0 Å². The van der Waals surface area contributed by atoms with E-state index in [1.807, 2.05) is 0 Å². The first-order valence-corrected chi connectivity index (χ1v) is 8.91. The van der Waals surface area contributed by atoms with Crippen molar-refractivity contribution < 1.29 is 23.1 Å². The third kappa shape index (κ3) is 6.11. The molecule has 0 amide bonds. The highest BCUT2D eigenvalue weighted by Gasteiger charge is 2.17. The van der Waals surface area contributed by atoms with Gasteiger partial charge >= 0.3 is 5.97 Å². The number of halogens is 2. The molecular formula is C12H15BrClNO5S. The van der Waals surface area contributed by atoms with Crippen molar-refractivity contribution >= 4 is 49.2 Å². The predicted octanol–water partition coefficient (Wildman–Crippen LogP) is 3.11. The summed E-state index contributed by atoms with van der Waals surface area (Å²) in [5, 5.41) is 8.87. The molecule has 0 aliphatic heterocycles. The highest BCUT2D eigenvalue weighted by Crippen LogP contribution is 2.37. The molecule has 0 bridgehead atoms. The van der Waals surface area contributed by atoms with Crippen molar-refractivity contribution in [1.82, 2.24) is 0 Å². The number of carbonyl (C=O) groups is 1. The minimum absolute atomic E-state index is 0.0242. The number of nitrogens with one attached hydrogen (secondary N) is 1. The highest BCUT2D eigenvalue weighted by atomic mass is 79.9. The van der Waals surface area contributed by atoms with Crippen LogP contribution in [0.5, 0.6) is 5.75 Å². The van der Waals surface area contributed by atoms with Crippen LogP contribution in [0.25, 0.3) is 0 Å². The van der Waals surface area contributed by atoms with E-state index in [1.165, 1.54) is 6.07 Å². The van der Waals surface area contributed by atoms with Gasteiger partial charge in [0.15, 0.2) is 5.75 Å². The second-order valence-corrected chi connectivity index (χ2v) is 7.25. The second-order valence-electron chi connectivity index (χ2n) is 4.12. The molecule has 1 aromatic rings. The quantitative estimate of drug-likeness (QED) is 0.699. The van der Waals surface area contributed by atoms with Gasteiger partial charge < -0.3 is 9.84 Å². The van der Waals surface area contributed by atoms with Crippen LogP contribution in [0.2, 0.25) is 5.02 Å². The van der Waals surface area contributed by atoms with Crippen LogP contribution in [-0.4, -0.2) is 31.9 Å². The molecule has 0 fully saturated rings. The lowest BCUT2D eigenvalue weighted by atomic mass is 10.3. The fourth-order valence-corrected chi connectivity index (χ4v) is 3.60. The van der Waals surface area contributed by atoms with Gasteiger partial charge in [0.25, 0.3) is 0 Å². The Kier molecular flexibility index (Phi) is 6.76. The van der Waals surface area contributed by atoms with Gasteiger partial charge in [-0.25, -0.2) is 8.42 Å². The number of carboxylic acids is 1. The van der Waals surface area contributed by atoms with Crippen LogP contribution in [0.15, 0.2) is 16.6 Å². The van der Waals surface area contributed by atoms with Gasteiger partial charge in [0.05, 0.1) is 22.5 Å². The molecule has 0 heterocycles. The zero-order valence-corrected chi connectivity index (χ0v) is 14.4. The third-order valence-corrected chi connectivity index (χ3v) is 4.53. The molecule has 0 saturated carbocycles. The SMILES string of the molecule is CCOc1c(Br)cc(Cl)cc1NS(=O)(=O)CCCC(=O)O. The van der Waals surface area contributed by atoms with Crippen molar-refractivity contribution in [3.63, 3.8) is 0 Å². The van der Waals surface area contributed by atoms with Crippen LogP contribution in [0, 0.1) is 0 Å². The van der Waals surface area contributed by atoms with Crippen LogP contribution in [0.4, 0.5) is 5.69 Å². The van der Waals surface area contributed by atoms with Gasteiger partial charge in [-0.2, -0.15) is 0 Å². The van der Waals surface area contributed by atoms with Gasteiger partial charge in [-0.15, -0.1) is 0 Å². The van der Waals surface area contributed by atoms with E-state index in [2.05, 4.69) is 20.7 Å². The van der Waals surface area contributed by atoms with Crippen LogP contribution in [-0.2, 0) is 14.8 Å². The lowest BCUT2D eigenvalue weighted by molar-refractivity contribution is -0.137. The summed E-state index contributed by atoms with van der Waals surface area (Å²) in [5.74, 6) is -0.996. The minimum atomic E-state index is -3.68. The monoisotopic (exact) mass is 399 g/mol. The first-order chi connectivity index (χ1) is 9.75. The summed E-state index contributed by atoms with van der Waals surface area (Å²) in [7, 11) is -3.68. The molecule has 1 aromatic carbocycles. The molecule has 1 rings (SSSR count). The molecule has 0 spiro atoms. The Bertz CT molecular complexity index is 620. The minimum Gasteiger partial charge on any atom is -0.490 e. The van der Waals surface area contributed by atoms with E-state index in [1.54, 1.807) is 13.0 Å². The summed E-state index contributed by atoms with van der Waals surface area (Å²) in [6.07, 6.45) is -0.186. The van der Waals surface area contributed by atoms with E-state index < -0.39 is 16.0 Å². The van der Waals surface area contributed by atoms with E-state index >= 15 is 0 Å². The maximum absolute atomic E-state index is 11.9. The maximum Gasteiger partial charge on any atom is 0.303 e. The molecule has 0 radical (unpaired) electrons. The van der Waals surface area contributed by atoms with E-state index in [9.17, 15) is 13.2 Å². The number of carboxylic acid groups (broad SMARTS) is 1. The van der Waals surface area contributed by atoms with Crippen molar-refractivity contribution in [2.75, 3.05) is 17.1 Å². The fraction of sp³-hybridized carbons (Fsp3) is 0.417. The van der Waals surface area contributed by atoms with Crippen LogP contribution < -0.4 is 9.46 Å². The summed E-state index contributed by atoms with van der Waals surface area (Å²) in [6.45, 7) is 2.13. The summed E-state index contributed by atoms with van der Waals surface area (Å²) >= 11 is 9.16. The molecule has 0 aliphatic carbocycles. The van der Waals surface area contributed by atoms with Crippen LogP contribution in [0.1, 0.15) is 19.8 Å². The smallest absolute Gasteiger partial charge is 0.303 e. The van der Waals surface area contributed by atoms with Gasteiger partial charge in [-0.3, -0.25) is 9.52 Å². The number of sulfonamides is 1. The van der Waals surface area contributed by atoms with Gasteiger partial charge in [-0.05, 0) is 41.4 Å². The van der Waals surface area contributed by atoms with Crippen molar-refractivity contribution in [1.29, 1.82) is 0 Å². The lowest BCUT2D eigenvalue weighted by Gasteiger charge is -2.14. The largest absolute Gasteiger partial charge is 0.490 e. The predicted molar refractivity (Wildman–Crippen MR) is 84.6 cm³/mol. The van der Waals surface area contributed by atoms with E-state index in [-0.39, 0.29) is 24.3 Å². The molecule has 0 atom stereocenters. The van der Waals surface area contributed by atoms with Gasteiger partial charge in [0, 0.05) is 11.4 Å². The molecule has 9 heteroatoms. The molecule has 0 aliphatic rings.